The first kappa shape index (κ1) is 19.2. The Morgan fingerprint density at radius 1 is 1.08 bits per heavy atom. The molecular weight excluding hydrogens is 340 g/mol. The van der Waals surface area contributed by atoms with Crippen LogP contribution < -0.4 is 15.8 Å². The number of hydrogen-bond acceptors (Lipinski definition) is 4. The van der Waals surface area contributed by atoms with Crippen molar-refractivity contribution in [1.82, 2.24) is 5.32 Å². The van der Waals surface area contributed by atoms with E-state index in [1.165, 1.54) is 0 Å². The zero-order valence-electron chi connectivity index (χ0n) is 13.9. The fraction of sp³-hybridized carbons (Fsp3) is 0.316. The van der Waals surface area contributed by atoms with E-state index in [2.05, 4.69) is 5.32 Å². The summed E-state index contributed by atoms with van der Waals surface area (Å²) in [6, 6.07) is 17.3. The Bertz CT molecular complexity index is 664. The molecule has 3 rings (SSSR count). The molecule has 3 N–H and O–H groups in total. The molecule has 1 fully saturated rings. The Labute approximate surface area is 153 Å². The van der Waals surface area contributed by atoms with E-state index in [-0.39, 0.29) is 30.5 Å². The van der Waals surface area contributed by atoms with Crippen LogP contribution in [0.25, 0.3) is 0 Å². The molecular formula is C19H23ClN2O3. The van der Waals surface area contributed by atoms with Crippen LogP contribution >= 0.6 is 12.4 Å². The van der Waals surface area contributed by atoms with Crippen LogP contribution in [0.15, 0.2) is 54.6 Å². The molecule has 25 heavy (non-hydrogen) atoms. The molecule has 1 aliphatic rings. The minimum absolute atomic E-state index is 0. The van der Waals surface area contributed by atoms with Gasteiger partial charge in [-0.15, -0.1) is 12.4 Å². The van der Waals surface area contributed by atoms with Crippen LogP contribution in [0.5, 0.6) is 11.5 Å². The van der Waals surface area contributed by atoms with E-state index in [9.17, 15) is 4.79 Å². The van der Waals surface area contributed by atoms with Crippen molar-refractivity contribution in [2.24, 2.45) is 5.73 Å². The van der Waals surface area contributed by atoms with Crippen molar-refractivity contribution in [2.75, 3.05) is 6.54 Å². The summed E-state index contributed by atoms with van der Waals surface area (Å²) >= 11 is 0. The largest absolute Gasteiger partial charge is 0.457 e. The predicted octanol–water partition coefficient (Wildman–Crippen LogP) is 3.02. The smallest absolute Gasteiger partial charge is 0.249 e. The van der Waals surface area contributed by atoms with Gasteiger partial charge in [-0.25, -0.2) is 0 Å². The number of amides is 1. The topological polar surface area (TPSA) is 73.6 Å². The third-order valence-corrected chi connectivity index (χ3v) is 4.03. The summed E-state index contributed by atoms with van der Waals surface area (Å²) in [5.74, 6) is 1.49. The fourth-order valence-electron chi connectivity index (χ4n) is 2.67. The zero-order chi connectivity index (χ0) is 16.8. The van der Waals surface area contributed by atoms with Crippen LogP contribution in [0.4, 0.5) is 0 Å². The van der Waals surface area contributed by atoms with Crippen LogP contribution in [0.1, 0.15) is 18.4 Å². The van der Waals surface area contributed by atoms with Gasteiger partial charge in [-0.05, 0) is 42.7 Å². The van der Waals surface area contributed by atoms with Crippen LogP contribution in [0.3, 0.4) is 0 Å². The normalized spacial score (nSPS) is 19.1. The van der Waals surface area contributed by atoms with Gasteiger partial charge >= 0.3 is 0 Å². The van der Waals surface area contributed by atoms with E-state index in [1.807, 2.05) is 54.6 Å². The molecule has 0 unspecified atom stereocenters. The summed E-state index contributed by atoms with van der Waals surface area (Å²) in [5.41, 5.74) is 6.57. The van der Waals surface area contributed by atoms with Gasteiger partial charge in [0.2, 0.25) is 5.91 Å². The minimum atomic E-state index is -0.376. The fourth-order valence-corrected chi connectivity index (χ4v) is 2.67. The molecule has 0 radical (unpaired) electrons. The number of nitrogens with two attached hydrogens (primary N) is 1. The number of ether oxygens (including phenoxy) is 2. The van der Waals surface area contributed by atoms with Crippen LogP contribution in [0, 0.1) is 0 Å². The minimum Gasteiger partial charge on any atom is -0.457 e. The van der Waals surface area contributed by atoms with Gasteiger partial charge < -0.3 is 20.5 Å². The molecule has 0 spiro atoms. The third kappa shape index (κ3) is 5.46. The average molecular weight is 363 g/mol. The first-order valence-electron chi connectivity index (χ1n) is 8.19. The number of para-hydroxylation sites is 1. The second-order valence-electron chi connectivity index (χ2n) is 5.84. The van der Waals surface area contributed by atoms with Crippen molar-refractivity contribution in [3.8, 4) is 11.5 Å². The van der Waals surface area contributed by atoms with E-state index in [1.54, 1.807) is 0 Å². The molecule has 0 aliphatic carbocycles. The van der Waals surface area contributed by atoms with E-state index in [0.29, 0.717) is 13.1 Å². The molecule has 1 saturated heterocycles. The van der Waals surface area contributed by atoms with Crippen molar-refractivity contribution in [3.63, 3.8) is 0 Å². The lowest BCUT2D eigenvalue weighted by Crippen LogP contribution is -2.35. The second-order valence-corrected chi connectivity index (χ2v) is 5.84. The Kier molecular flexibility index (Phi) is 7.25. The molecule has 2 aromatic carbocycles. The van der Waals surface area contributed by atoms with Crippen molar-refractivity contribution in [1.29, 1.82) is 0 Å². The standard InChI is InChI=1S/C19H22N2O3.ClH/c20-12-17-10-11-18(24-17)19(22)21-13-14-6-8-16(9-7-14)23-15-4-2-1-3-5-15;/h1-9,17-18H,10-13,20H2,(H,21,22);1H/t17-,18+;/m1./s1. The van der Waals surface area contributed by atoms with Gasteiger partial charge in [-0.2, -0.15) is 0 Å². The van der Waals surface area contributed by atoms with Gasteiger partial charge in [0, 0.05) is 13.1 Å². The quantitative estimate of drug-likeness (QED) is 0.828. The van der Waals surface area contributed by atoms with Crippen molar-refractivity contribution in [2.45, 2.75) is 31.6 Å². The number of nitrogens with one attached hydrogen (secondary N) is 1. The van der Waals surface area contributed by atoms with E-state index in [0.717, 1.165) is 29.9 Å². The highest BCUT2D eigenvalue weighted by atomic mass is 35.5. The molecule has 2 aromatic rings. The first-order chi connectivity index (χ1) is 11.7. The summed E-state index contributed by atoms with van der Waals surface area (Å²) in [4.78, 5) is 12.1. The SMILES string of the molecule is Cl.NC[C@H]1CC[C@@H](C(=O)NCc2ccc(Oc3ccccc3)cc2)O1. The lowest BCUT2D eigenvalue weighted by Gasteiger charge is -2.13. The second kappa shape index (κ2) is 9.42. The lowest BCUT2D eigenvalue weighted by atomic mass is 10.1. The van der Waals surface area contributed by atoms with Gasteiger partial charge in [0.15, 0.2) is 0 Å². The van der Waals surface area contributed by atoms with Crippen molar-refractivity contribution < 1.29 is 14.3 Å². The van der Waals surface area contributed by atoms with Gasteiger partial charge in [0.1, 0.15) is 17.6 Å². The van der Waals surface area contributed by atoms with E-state index < -0.39 is 0 Å². The Hall–Kier alpha value is -2.08. The van der Waals surface area contributed by atoms with Crippen molar-refractivity contribution in [3.05, 3.63) is 60.2 Å². The molecule has 6 heteroatoms. The Morgan fingerprint density at radius 2 is 1.76 bits per heavy atom. The summed E-state index contributed by atoms with van der Waals surface area (Å²) in [6.45, 7) is 0.935. The number of benzene rings is 2. The molecule has 1 heterocycles. The van der Waals surface area contributed by atoms with E-state index in [4.69, 9.17) is 15.2 Å². The maximum atomic E-state index is 12.1. The van der Waals surface area contributed by atoms with Crippen LogP contribution in [-0.4, -0.2) is 24.7 Å². The first-order valence-corrected chi connectivity index (χ1v) is 8.19. The predicted molar refractivity (Wildman–Crippen MR) is 99.0 cm³/mol. The average Bonchev–Trinajstić information content (AvgIpc) is 3.11. The Balaban J connectivity index is 0.00000225. The molecule has 5 nitrogen and oxygen atoms in total. The molecule has 1 amide bonds. The molecule has 2 atom stereocenters. The third-order valence-electron chi connectivity index (χ3n) is 4.03. The molecule has 0 bridgehead atoms. The van der Waals surface area contributed by atoms with E-state index >= 15 is 0 Å². The van der Waals surface area contributed by atoms with Gasteiger partial charge in [0.25, 0.3) is 0 Å². The zero-order valence-corrected chi connectivity index (χ0v) is 14.7. The van der Waals surface area contributed by atoms with Gasteiger partial charge in [0.05, 0.1) is 6.10 Å². The maximum Gasteiger partial charge on any atom is 0.249 e. The summed E-state index contributed by atoms with van der Waals surface area (Å²) in [5, 5.41) is 2.91. The number of halogens is 1. The van der Waals surface area contributed by atoms with Gasteiger partial charge in [-0.1, -0.05) is 30.3 Å². The highest BCUT2D eigenvalue weighted by Gasteiger charge is 2.29. The number of hydrogen-bond donors (Lipinski definition) is 2. The number of carbonyl (C=O) groups excluding carboxylic acids is 1. The van der Waals surface area contributed by atoms with Crippen LogP contribution in [-0.2, 0) is 16.1 Å². The highest BCUT2D eigenvalue weighted by Crippen LogP contribution is 2.21. The summed E-state index contributed by atoms with van der Waals surface area (Å²) in [6.07, 6.45) is 1.21. The monoisotopic (exact) mass is 362 g/mol. The summed E-state index contributed by atoms with van der Waals surface area (Å²) < 4.78 is 11.3. The number of rotatable bonds is 6. The van der Waals surface area contributed by atoms with Gasteiger partial charge in [-0.3, -0.25) is 4.79 Å². The molecule has 134 valence electrons. The van der Waals surface area contributed by atoms with Crippen LogP contribution in [0.2, 0.25) is 0 Å². The molecule has 0 saturated carbocycles. The number of carbonyl (C=O) groups is 1. The highest BCUT2D eigenvalue weighted by molar-refractivity contribution is 5.85. The van der Waals surface area contributed by atoms with Crippen molar-refractivity contribution >= 4 is 18.3 Å². The molecule has 0 aromatic heterocycles. The lowest BCUT2D eigenvalue weighted by molar-refractivity contribution is -0.132. The molecule has 1 aliphatic heterocycles. The maximum absolute atomic E-state index is 12.1. The summed E-state index contributed by atoms with van der Waals surface area (Å²) in [7, 11) is 0. The Morgan fingerprint density at radius 3 is 2.40 bits per heavy atom.